The molecule has 1 atom stereocenters. The van der Waals surface area contributed by atoms with Gasteiger partial charge in [0.25, 0.3) is 0 Å². The predicted octanol–water partition coefficient (Wildman–Crippen LogP) is 1.50. The molecule has 0 aromatic carbocycles. The van der Waals surface area contributed by atoms with Crippen LogP contribution in [0, 0.1) is 0 Å². The van der Waals surface area contributed by atoms with Gasteiger partial charge in [0.1, 0.15) is 6.04 Å². The van der Waals surface area contributed by atoms with E-state index in [-0.39, 0.29) is 12.0 Å². The Labute approximate surface area is 130 Å². The lowest BCUT2D eigenvalue weighted by Gasteiger charge is -2.10. The minimum atomic E-state index is -0.389. The molecule has 3 rings (SSSR count). The highest BCUT2D eigenvalue weighted by Crippen LogP contribution is 2.22. The number of carbonyl (C=O) groups is 1. The Bertz CT molecular complexity index is 784. The number of fused-ring (bicyclic) bond motifs is 1. The molecule has 0 saturated heterocycles. The average molecular weight is 317 g/mol. The third-order valence-corrected chi connectivity index (χ3v) is 4.07. The average Bonchev–Trinajstić information content (AvgIpc) is 3.19. The van der Waals surface area contributed by atoms with E-state index < -0.39 is 0 Å². The van der Waals surface area contributed by atoms with Gasteiger partial charge < -0.3 is 4.74 Å². The quantitative estimate of drug-likeness (QED) is 0.718. The lowest BCUT2D eigenvalue weighted by molar-refractivity contribution is -0.142. The van der Waals surface area contributed by atoms with Gasteiger partial charge in [-0.25, -0.2) is 0 Å². The molecular weight excluding hydrogens is 302 g/mol. The van der Waals surface area contributed by atoms with Crippen LogP contribution in [0.5, 0.6) is 0 Å². The van der Waals surface area contributed by atoms with Crippen molar-refractivity contribution < 1.29 is 9.53 Å². The van der Waals surface area contributed by atoms with E-state index in [0.717, 1.165) is 10.6 Å². The molecule has 0 bridgehead atoms. The summed E-state index contributed by atoms with van der Waals surface area (Å²) in [7, 11) is 1.37. The second-order valence-corrected chi connectivity index (χ2v) is 5.67. The Kier molecular flexibility index (Phi) is 4.12. The first-order valence-corrected chi connectivity index (χ1v) is 7.63. The molecule has 7 nitrogen and oxygen atoms in total. The number of ether oxygens (including phenoxy) is 1. The molecule has 8 heteroatoms. The molecule has 3 heterocycles. The lowest BCUT2D eigenvalue weighted by atomic mass is 10.3. The number of nitrogens with zero attached hydrogens (tertiary/aromatic N) is 4. The molecule has 22 heavy (non-hydrogen) atoms. The topological polar surface area (TPSA) is 81.4 Å². The Hall–Kier alpha value is -2.32. The lowest BCUT2D eigenvalue weighted by Crippen LogP contribution is -2.34. The molecule has 0 aliphatic rings. The van der Waals surface area contributed by atoms with E-state index in [1.165, 1.54) is 7.11 Å². The zero-order valence-electron chi connectivity index (χ0n) is 12.2. The maximum atomic E-state index is 11.4. The summed E-state index contributed by atoms with van der Waals surface area (Å²) >= 11 is 1.59. The number of hydrogen-bond acceptors (Lipinski definition) is 7. The molecule has 0 spiro atoms. The Balaban J connectivity index is 1.83. The summed E-state index contributed by atoms with van der Waals surface area (Å²) in [4.78, 5) is 12.4. The van der Waals surface area contributed by atoms with Crippen molar-refractivity contribution in [3.63, 3.8) is 0 Å². The summed E-state index contributed by atoms with van der Waals surface area (Å²) in [6.45, 7) is 2.20. The number of rotatable bonds is 5. The Morgan fingerprint density at radius 1 is 1.41 bits per heavy atom. The van der Waals surface area contributed by atoms with Crippen molar-refractivity contribution in [1.82, 2.24) is 25.1 Å². The number of hydrogen-bond donors (Lipinski definition) is 1. The number of esters is 1. The van der Waals surface area contributed by atoms with Gasteiger partial charge in [-0.05, 0) is 30.5 Å². The van der Waals surface area contributed by atoms with E-state index in [1.54, 1.807) is 22.8 Å². The van der Waals surface area contributed by atoms with Gasteiger partial charge in [-0.15, -0.1) is 21.5 Å². The minimum Gasteiger partial charge on any atom is -0.468 e. The smallest absolute Gasteiger partial charge is 0.322 e. The highest BCUT2D eigenvalue weighted by molar-refractivity contribution is 7.13. The second kappa shape index (κ2) is 6.20. The molecule has 1 unspecified atom stereocenters. The number of carbonyl (C=O) groups excluding carboxylic acids is 1. The summed E-state index contributed by atoms with van der Waals surface area (Å²) in [5.41, 5.74) is 1.48. The van der Waals surface area contributed by atoms with Crippen LogP contribution in [0.15, 0.2) is 29.6 Å². The number of nitrogens with one attached hydrogen (secondary N) is 1. The van der Waals surface area contributed by atoms with Gasteiger partial charge in [0.2, 0.25) is 0 Å². The van der Waals surface area contributed by atoms with Crippen molar-refractivity contribution in [2.75, 3.05) is 7.11 Å². The van der Waals surface area contributed by atoms with E-state index >= 15 is 0 Å². The first kappa shape index (κ1) is 14.6. The van der Waals surface area contributed by atoms with E-state index in [9.17, 15) is 4.79 Å². The molecule has 0 radical (unpaired) electrons. The van der Waals surface area contributed by atoms with Gasteiger partial charge >= 0.3 is 5.97 Å². The first-order chi connectivity index (χ1) is 10.7. The third-order valence-electron chi connectivity index (χ3n) is 3.20. The number of methoxy groups -OCH3 is 1. The van der Waals surface area contributed by atoms with E-state index in [0.29, 0.717) is 18.0 Å². The molecule has 114 valence electrons. The summed E-state index contributed by atoms with van der Waals surface area (Å²) in [5.74, 6) is 0.414. The van der Waals surface area contributed by atoms with Crippen LogP contribution in [-0.4, -0.2) is 38.9 Å². The normalized spacial score (nSPS) is 12.5. The van der Waals surface area contributed by atoms with Gasteiger partial charge in [-0.1, -0.05) is 6.07 Å². The highest BCUT2D eigenvalue weighted by Gasteiger charge is 2.14. The summed E-state index contributed by atoms with van der Waals surface area (Å²) in [5, 5.41) is 17.9. The number of thiophene rings is 1. The van der Waals surface area contributed by atoms with E-state index in [2.05, 4.69) is 25.3 Å². The van der Waals surface area contributed by atoms with Crippen molar-refractivity contribution in [3.05, 3.63) is 35.3 Å². The van der Waals surface area contributed by atoms with Gasteiger partial charge in [0.05, 0.1) is 17.7 Å². The minimum absolute atomic E-state index is 0.301. The fraction of sp³-hybridized carbons (Fsp3) is 0.286. The predicted molar refractivity (Wildman–Crippen MR) is 82.4 cm³/mol. The fourth-order valence-electron chi connectivity index (χ4n) is 2.00. The maximum Gasteiger partial charge on any atom is 0.322 e. The molecule has 0 aliphatic carbocycles. The largest absolute Gasteiger partial charge is 0.468 e. The summed E-state index contributed by atoms with van der Waals surface area (Å²) in [6, 6.07) is 7.27. The molecule has 3 aromatic rings. The molecule has 0 fully saturated rings. The second-order valence-electron chi connectivity index (χ2n) is 4.72. The van der Waals surface area contributed by atoms with Crippen LogP contribution in [-0.2, 0) is 16.1 Å². The van der Waals surface area contributed by atoms with Crippen LogP contribution in [0.3, 0.4) is 0 Å². The molecule has 1 N–H and O–H groups in total. The Morgan fingerprint density at radius 3 is 3.00 bits per heavy atom. The monoisotopic (exact) mass is 317 g/mol. The molecule has 0 aliphatic heterocycles. The standard InChI is InChI=1S/C14H15N5O2S/c1-9(14(20)21-2)15-8-10-5-6-12-16-17-13(19(12)18-10)11-4-3-7-22-11/h3-7,9,15H,8H2,1-2H3. The summed E-state index contributed by atoms with van der Waals surface area (Å²) in [6.07, 6.45) is 0. The zero-order valence-corrected chi connectivity index (χ0v) is 13.0. The van der Waals surface area contributed by atoms with Crippen LogP contribution in [0.2, 0.25) is 0 Å². The molecule has 0 saturated carbocycles. The van der Waals surface area contributed by atoms with Crippen LogP contribution in [0.4, 0.5) is 0 Å². The van der Waals surface area contributed by atoms with Crippen LogP contribution < -0.4 is 5.32 Å². The molecule has 3 aromatic heterocycles. The SMILES string of the molecule is COC(=O)C(C)NCc1ccc2nnc(-c3cccs3)n2n1. The van der Waals surface area contributed by atoms with Crippen molar-refractivity contribution in [3.8, 4) is 10.7 Å². The third kappa shape index (κ3) is 2.83. The van der Waals surface area contributed by atoms with Crippen molar-refractivity contribution in [2.45, 2.75) is 19.5 Å². The van der Waals surface area contributed by atoms with Gasteiger partial charge in [0.15, 0.2) is 11.5 Å². The van der Waals surface area contributed by atoms with Gasteiger partial charge in [0, 0.05) is 6.54 Å². The molecular formula is C14H15N5O2S. The maximum absolute atomic E-state index is 11.4. The highest BCUT2D eigenvalue weighted by atomic mass is 32.1. The van der Waals surface area contributed by atoms with Crippen molar-refractivity contribution in [1.29, 1.82) is 0 Å². The first-order valence-electron chi connectivity index (χ1n) is 6.75. The van der Waals surface area contributed by atoms with Crippen LogP contribution in [0.1, 0.15) is 12.6 Å². The Morgan fingerprint density at radius 2 is 2.27 bits per heavy atom. The van der Waals surface area contributed by atoms with E-state index in [4.69, 9.17) is 0 Å². The van der Waals surface area contributed by atoms with Gasteiger partial charge in [-0.2, -0.15) is 9.61 Å². The van der Waals surface area contributed by atoms with E-state index in [1.807, 2.05) is 29.6 Å². The summed E-state index contributed by atoms with van der Waals surface area (Å²) < 4.78 is 6.39. The van der Waals surface area contributed by atoms with Gasteiger partial charge in [-0.3, -0.25) is 10.1 Å². The molecule has 0 amide bonds. The van der Waals surface area contributed by atoms with Crippen molar-refractivity contribution in [2.24, 2.45) is 0 Å². The zero-order chi connectivity index (χ0) is 15.5. The van der Waals surface area contributed by atoms with Crippen LogP contribution >= 0.6 is 11.3 Å². The fourth-order valence-corrected chi connectivity index (χ4v) is 2.69. The van der Waals surface area contributed by atoms with Crippen LogP contribution in [0.25, 0.3) is 16.3 Å². The number of aromatic nitrogens is 4. The van der Waals surface area contributed by atoms with Crippen molar-refractivity contribution >= 4 is 23.0 Å².